The number of rotatable bonds is 3. The standard InChI is InChI=1S/C10H15N5O/c1-6-10(2,3)16-9-13-7(11)12-8(14-9)15(4)5/h1H,2-5H3,(H2,11,12,13,14). The molecule has 1 aromatic heterocycles. The van der Waals surface area contributed by atoms with Crippen LogP contribution < -0.4 is 15.4 Å². The molecule has 1 aromatic rings. The van der Waals surface area contributed by atoms with E-state index in [0.29, 0.717) is 5.95 Å². The molecule has 0 unspecified atom stereocenters. The van der Waals surface area contributed by atoms with Gasteiger partial charge in [-0.05, 0) is 13.8 Å². The summed E-state index contributed by atoms with van der Waals surface area (Å²) >= 11 is 0. The van der Waals surface area contributed by atoms with Gasteiger partial charge in [-0.15, -0.1) is 6.42 Å². The van der Waals surface area contributed by atoms with Crippen molar-refractivity contribution in [2.45, 2.75) is 19.4 Å². The predicted molar refractivity (Wildman–Crippen MR) is 62.1 cm³/mol. The lowest BCUT2D eigenvalue weighted by Crippen LogP contribution is -2.27. The Balaban J connectivity index is 3.03. The van der Waals surface area contributed by atoms with Crippen LogP contribution in [0.2, 0.25) is 0 Å². The average molecular weight is 221 g/mol. The van der Waals surface area contributed by atoms with Gasteiger partial charge in [0.1, 0.15) is 0 Å². The summed E-state index contributed by atoms with van der Waals surface area (Å²) in [4.78, 5) is 13.6. The fraction of sp³-hybridized carbons (Fsp3) is 0.500. The molecule has 0 aliphatic heterocycles. The number of aromatic nitrogens is 3. The van der Waals surface area contributed by atoms with E-state index in [0.717, 1.165) is 0 Å². The number of anilines is 2. The maximum absolute atomic E-state index is 5.54. The van der Waals surface area contributed by atoms with E-state index in [1.807, 2.05) is 0 Å². The van der Waals surface area contributed by atoms with E-state index >= 15 is 0 Å². The van der Waals surface area contributed by atoms with Crippen molar-refractivity contribution in [1.29, 1.82) is 0 Å². The third-order valence-corrected chi connectivity index (χ3v) is 1.71. The van der Waals surface area contributed by atoms with Crippen molar-refractivity contribution in [3.63, 3.8) is 0 Å². The van der Waals surface area contributed by atoms with E-state index < -0.39 is 5.60 Å². The van der Waals surface area contributed by atoms with Crippen molar-refractivity contribution in [1.82, 2.24) is 15.0 Å². The van der Waals surface area contributed by atoms with Crippen molar-refractivity contribution in [2.24, 2.45) is 0 Å². The summed E-state index contributed by atoms with van der Waals surface area (Å²) in [6, 6.07) is 0.124. The van der Waals surface area contributed by atoms with Gasteiger partial charge in [-0.1, -0.05) is 5.92 Å². The van der Waals surface area contributed by atoms with Crippen molar-refractivity contribution in [3.8, 4) is 18.4 Å². The first-order valence-electron chi connectivity index (χ1n) is 4.70. The van der Waals surface area contributed by atoms with Crippen LogP contribution in [0.4, 0.5) is 11.9 Å². The second kappa shape index (κ2) is 4.23. The van der Waals surface area contributed by atoms with E-state index in [4.69, 9.17) is 16.9 Å². The first-order chi connectivity index (χ1) is 7.34. The van der Waals surface area contributed by atoms with Crippen LogP contribution in [-0.2, 0) is 0 Å². The van der Waals surface area contributed by atoms with Gasteiger partial charge in [-0.3, -0.25) is 0 Å². The molecule has 0 aliphatic rings. The minimum atomic E-state index is -0.780. The molecule has 0 saturated heterocycles. The van der Waals surface area contributed by atoms with E-state index in [1.54, 1.807) is 32.8 Å². The van der Waals surface area contributed by atoms with Gasteiger partial charge in [0.05, 0.1) is 0 Å². The van der Waals surface area contributed by atoms with Gasteiger partial charge in [0, 0.05) is 14.1 Å². The molecule has 0 saturated carbocycles. The summed E-state index contributed by atoms with van der Waals surface area (Å²) in [6.07, 6.45) is 5.30. The molecule has 0 radical (unpaired) electrons. The normalized spacial score (nSPS) is 10.7. The Hall–Kier alpha value is -2.03. The van der Waals surface area contributed by atoms with Gasteiger partial charge in [0.15, 0.2) is 5.60 Å². The summed E-state index contributed by atoms with van der Waals surface area (Å²) in [5.41, 5.74) is 4.76. The zero-order valence-electron chi connectivity index (χ0n) is 9.85. The zero-order chi connectivity index (χ0) is 12.3. The number of hydrogen-bond donors (Lipinski definition) is 1. The summed E-state index contributed by atoms with van der Waals surface area (Å²) < 4.78 is 5.42. The third kappa shape index (κ3) is 2.98. The lowest BCUT2D eigenvalue weighted by Gasteiger charge is -2.19. The van der Waals surface area contributed by atoms with Crippen LogP contribution in [0.5, 0.6) is 6.01 Å². The molecule has 6 nitrogen and oxygen atoms in total. The van der Waals surface area contributed by atoms with Crippen LogP contribution in [0, 0.1) is 12.3 Å². The molecule has 0 amide bonds. The first kappa shape index (κ1) is 12.0. The molecule has 1 heterocycles. The smallest absolute Gasteiger partial charge is 0.324 e. The molecular formula is C10H15N5O. The highest BCUT2D eigenvalue weighted by Gasteiger charge is 2.18. The lowest BCUT2D eigenvalue weighted by molar-refractivity contribution is 0.156. The van der Waals surface area contributed by atoms with Crippen LogP contribution in [-0.4, -0.2) is 34.6 Å². The number of hydrogen-bond acceptors (Lipinski definition) is 6. The second-order valence-electron chi connectivity index (χ2n) is 3.93. The monoisotopic (exact) mass is 221 g/mol. The van der Waals surface area contributed by atoms with Crippen molar-refractivity contribution >= 4 is 11.9 Å². The Morgan fingerprint density at radius 2 is 1.94 bits per heavy atom. The quantitative estimate of drug-likeness (QED) is 0.740. The molecule has 0 aliphatic carbocycles. The number of nitrogen functional groups attached to an aromatic ring is 1. The average Bonchev–Trinajstić information content (AvgIpc) is 2.16. The number of nitrogens with two attached hydrogens (primary N) is 1. The van der Waals surface area contributed by atoms with Crippen LogP contribution in [0.3, 0.4) is 0 Å². The molecule has 0 spiro atoms. The lowest BCUT2D eigenvalue weighted by atomic mass is 10.2. The molecule has 16 heavy (non-hydrogen) atoms. The highest BCUT2D eigenvalue weighted by atomic mass is 16.5. The molecule has 0 bridgehead atoms. The minimum Gasteiger partial charge on any atom is -0.444 e. The Morgan fingerprint density at radius 3 is 2.44 bits per heavy atom. The fourth-order valence-electron chi connectivity index (χ4n) is 0.864. The largest absolute Gasteiger partial charge is 0.444 e. The molecule has 6 heteroatoms. The Morgan fingerprint density at radius 1 is 1.31 bits per heavy atom. The number of terminal acetylenes is 1. The highest BCUT2D eigenvalue weighted by molar-refractivity contribution is 5.34. The molecule has 2 N–H and O–H groups in total. The van der Waals surface area contributed by atoms with Crippen LogP contribution in [0.15, 0.2) is 0 Å². The Kier molecular flexibility index (Phi) is 3.18. The summed E-state index contributed by atoms with van der Waals surface area (Å²) in [7, 11) is 3.59. The molecule has 0 fully saturated rings. The summed E-state index contributed by atoms with van der Waals surface area (Å²) in [5.74, 6) is 3.01. The molecule has 0 atom stereocenters. The van der Waals surface area contributed by atoms with Gasteiger partial charge in [0.2, 0.25) is 11.9 Å². The van der Waals surface area contributed by atoms with Gasteiger partial charge >= 0.3 is 6.01 Å². The first-order valence-corrected chi connectivity index (χ1v) is 4.70. The van der Waals surface area contributed by atoms with Gasteiger partial charge in [-0.25, -0.2) is 0 Å². The van der Waals surface area contributed by atoms with E-state index in [9.17, 15) is 0 Å². The Labute approximate surface area is 94.9 Å². The van der Waals surface area contributed by atoms with Gasteiger partial charge in [0.25, 0.3) is 0 Å². The highest BCUT2D eigenvalue weighted by Crippen LogP contribution is 2.16. The Bertz CT molecular complexity index is 422. The van der Waals surface area contributed by atoms with Crippen molar-refractivity contribution < 1.29 is 4.74 Å². The third-order valence-electron chi connectivity index (χ3n) is 1.71. The SMILES string of the molecule is C#CC(C)(C)Oc1nc(N)nc(N(C)C)n1. The van der Waals surface area contributed by atoms with Crippen molar-refractivity contribution in [2.75, 3.05) is 24.7 Å². The van der Waals surface area contributed by atoms with Gasteiger partial charge in [-0.2, -0.15) is 15.0 Å². The molecule has 0 aromatic carbocycles. The number of nitrogens with zero attached hydrogens (tertiary/aromatic N) is 4. The fourth-order valence-corrected chi connectivity index (χ4v) is 0.864. The minimum absolute atomic E-state index is 0.0986. The maximum Gasteiger partial charge on any atom is 0.324 e. The number of ether oxygens (including phenoxy) is 1. The van der Waals surface area contributed by atoms with Gasteiger partial charge < -0.3 is 15.4 Å². The predicted octanol–water partition coefficient (Wildman–Crippen LogP) is 0.310. The second-order valence-corrected chi connectivity index (χ2v) is 3.93. The maximum atomic E-state index is 5.54. The summed E-state index contributed by atoms with van der Waals surface area (Å²) in [6.45, 7) is 3.48. The van der Waals surface area contributed by atoms with E-state index in [-0.39, 0.29) is 12.0 Å². The summed E-state index contributed by atoms with van der Waals surface area (Å²) in [5, 5.41) is 0. The zero-order valence-corrected chi connectivity index (χ0v) is 9.85. The van der Waals surface area contributed by atoms with Crippen molar-refractivity contribution in [3.05, 3.63) is 0 Å². The topological polar surface area (TPSA) is 77.2 Å². The van der Waals surface area contributed by atoms with E-state index in [2.05, 4.69) is 20.9 Å². The molecule has 1 rings (SSSR count). The van der Waals surface area contributed by atoms with Crippen LogP contribution in [0.25, 0.3) is 0 Å². The van der Waals surface area contributed by atoms with Crippen LogP contribution >= 0.6 is 0 Å². The molecular weight excluding hydrogens is 206 g/mol. The van der Waals surface area contributed by atoms with Crippen LogP contribution in [0.1, 0.15) is 13.8 Å². The molecule has 86 valence electrons. The van der Waals surface area contributed by atoms with E-state index in [1.165, 1.54) is 0 Å².